The van der Waals surface area contributed by atoms with E-state index < -0.39 is 0 Å². The molecule has 1 saturated heterocycles. The van der Waals surface area contributed by atoms with Crippen molar-refractivity contribution in [1.29, 1.82) is 0 Å². The van der Waals surface area contributed by atoms with Gasteiger partial charge in [0.05, 0.1) is 0 Å². The second kappa shape index (κ2) is 10.3. The van der Waals surface area contributed by atoms with E-state index in [2.05, 4.69) is 36.2 Å². The van der Waals surface area contributed by atoms with Crippen molar-refractivity contribution in [3.8, 4) is 5.75 Å². The van der Waals surface area contributed by atoms with Gasteiger partial charge < -0.3 is 14.5 Å². The van der Waals surface area contributed by atoms with Gasteiger partial charge in [0.15, 0.2) is 0 Å². The maximum atomic E-state index is 13.3. The molecule has 4 nitrogen and oxygen atoms in total. The number of nitrogens with zero attached hydrogens (tertiary/aromatic N) is 2. The molecule has 1 aliphatic heterocycles. The molecule has 0 N–H and O–H groups in total. The lowest BCUT2D eigenvalue weighted by molar-refractivity contribution is 0.0729. The average Bonchev–Trinajstić information content (AvgIpc) is 2.81. The zero-order valence-electron chi connectivity index (χ0n) is 18.1. The fourth-order valence-corrected chi connectivity index (χ4v) is 4.00. The summed E-state index contributed by atoms with van der Waals surface area (Å²) in [7, 11) is 2.15. The fourth-order valence-electron chi connectivity index (χ4n) is 4.00. The lowest BCUT2D eigenvalue weighted by Crippen LogP contribution is -2.35. The maximum absolute atomic E-state index is 13.3. The van der Waals surface area contributed by atoms with Gasteiger partial charge in [-0.3, -0.25) is 4.79 Å². The summed E-state index contributed by atoms with van der Waals surface area (Å²) in [5, 5.41) is 0. The van der Waals surface area contributed by atoms with E-state index in [0.29, 0.717) is 18.7 Å². The van der Waals surface area contributed by atoms with Gasteiger partial charge in [-0.05, 0) is 55.3 Å². The summed E-state index contributed by atoms with van der Waals surface area (Å²) in [5.74, 6) is 0.921. The van der Waals surface area contributed by atoms with E-state index in [-0.39, 0.29) is 12.0 Å². The molecule has 31 heavy (non-hydrogen) atoms. The Balaban J connectivity index is 1.50. The lowest BCUT2D eigenvalue weighted by Gasteiger charge is -2.29. The molecule has 1 amide bonds. The number of hydrogen-bond acceptors (Lipinski definition) is 3. The third-order valence-corrected chi connectivity index (χ3v) is 5.76. The summed E-state index contributed by atoms with van der Waals surface area (Å²) in [4.78, 5) is 17.5. The molecule has 1 heterocycles. The first kappa shape index (κ1) is 21.1. The summed E-state index contributed by atoms with van der Waals surface area (Å²) < 4.78 is 6.26. The smallest absolute Gasteiger partial charge is 0.254 e. The monoisotopic (exact) mass is 414 g/mol. The van der Waals surface area contributed by atoms with Crippen LogP contribution in [-0.2, 0) is 13.1 Å². The van der Waals surface area contributed by atoms with Crippen LogP contribution in [0.2, 0.25) is 0 Å². The molecule has 160 valence electrons. The van der Waals surface area contributed by atoms with Gasteiger partial charge in [-0.15, -0.1) is 0 Å². The molecule has 1 aliphatic rings. The van der Waals surface area contributed by atoms with Gasteiger partial charge in [-0.2, -0.15) is 0 Å². The molecule has 3 aromatic rings. The molecule has 0 saturated carbocycles. The highest BCUT2D eigenvalue weighted by Gasteiger charge is 2.19. The maximum Gasteiger partial charge on any atom is 0.254 e. The summed E-state index contributed by atoms with van der Waals surface area (Å²) in [6.45, 7) is 3.24. The Labute approximate surface area is 185 Å². The Morgan fingerprint density at radius 3 is 2.19 bits per heavy atom. The molecule has 1 fully saturated rings. The first-order valence-corrected chi connectivity index (χ1v) is 11.0. The number of likely N-dealkylation sites (tertiary alicyclic amines) is 1. The summed E-state index contributed by atoms with van der Waals surface area (Å²) in [5.41, 5.74) is 2.90. The Morgan fingerprint density at radius 2 is 1.48 bits per heavy atom. The molecule has 4 rings (SSSR count). The van der Waals surface area contributed by atoms with E-state index in [9.17, 15) is 4.79 Å². The van der Waals surface area contributed by atoms with Crippen LogP contribution in [-0.4, -0.2) is 41.9 Å². The summed E-state index contributed by atoms with van der Waals surface area (Å²) in [6, 6.07) is 27.8. The van der Waals surface area contributed by atoms with Crippen LogP contribution in [0.25, 0.3) is 0 Å². The summed E-state index contributed by atoms with van der Waals surface area (Å²) in [6.07, 6.45) is 2.36. The highest BCUT2D eigenvalue weighted by Crippen LogP contribution is 2.22. The van der Waals surface area contributed by atoms with Crippen molar-refractivity contribution in [2.75, 3.05) is 20.1 Å². The molecule has 0 aromatic heterocycles. The van der Waals surface area contributed by atoms with Gasteiger partial charge in [-0.25, -0.2) is 0 Å². The molecular weight excluding hydrogens is 384 g/mol. The van der Waals surface area contributed by atoms with E-state index in [1.807, 2.05) is 65.6 Å². The minimum atomic E-state index is 0.0334. The van der Waals surface area contributed by atoms with Crippen molar-refractivity contribution in [2.45, 2.75) is 32.0 Å². The number of amides is 1. The van der Waals surface area contributed by atoms with Crippen molar-refractivity contribution in [1.82, 2.24) is 9.80 Å². The number of ether oxygens (including phenoxy) is 1. The summed E-state index contributed by atoms with van der Waals surface area (Å²) >= 11 is 0. The van der Waals surface area contributed by atoms with Gasteiger partial charge in [0.1, 0.15) is 11.9 Å². The lowest BCUT2D eigenvalue weighted by atomic mass is 10.1. The Bertz CT molecular complexity index is 967. The number of hydrogen-bond donors (Lipinski definition) is 0. The van der Waals surface area contributed by atoms with E-state index in [1.54, 1.807) is 0 Å². The second-order valence-electron chi connectivity index (χ2n) is 8.28. The number of carbonyl (C=O) groups excluding carboxylic acids is 1. The first-order chi connectivity index (χ1) is 15.2. The average molecular weight is 415 g/mol. The molecule has 0 atom stereocenters. The number of piperidine rings is 1. The highest BCUT2D eigenvalue weighted by molar-refractivity contribution is 5.94. The second-order valence-corrected chi connectivity index (χ2v) is 8.28. The SMILES string of the molecule is CN1CCC(Oc2cccc(CN(Cc3ccccc3)C(=O)c3ccccc3)c2)CC1. The first-order valence-electron chi connectivity index (χ1n) is 11.0. The van der Waals surface area contributed by atoms with Crippen molar-refractivity contribution in [3.63, 3.8) is 0 Å². The van der Waals surface area contributed by atoms with Crippen LogP contribution in [0.4, 0.5) is 0 Å². The predicted octanol–water partition coefficient (Wildman–Crippen LogP) is 5.00. The van der Waals surface area contributed by atoms with Crippen molar-refractivity contribution >= 4 is 5.91 Å². The predicted molar refractivity (Wildman–Crippen MR) is 124 cm³/mol. The van der Waals surface area contributed by atoms with Crippen LogP contribution >= 0.6 is 0 Å². The van der Waals surface area contributed by atoms with Gasteiger partial charge >= 0.3 is 0 Å². The van der Waals surface area contributed by atoms with Crippen LogP contribution in [0.5, 0.6) is 5.75 Å². The third kappa shape index (κ3) is 5.96. The van der Waals surface area contributed by atoms with Gasteiger partial charge in [0.25, 0.3) is 5.91 Å². The molecule has 0 bridgehead atoms. The minimum Gasteiger partial charge on any atom is -0.490 e. The van der Waals surface area contributed by atoms with Crippen molar-refractivity contribution in [2.24, 2.45) is 0 Å². The van der Waals surface area contributed by atoms with Crippen LogP contribution in [0.3, 0.4) is 0 Å². The Hall–Kier alpha value is -3.11. The zero-order chi connectivity index (χ0) is 21.5. The Morgan fingerprint density at radius 1 is 0.871 bits per heavy atom. The molecule has 3 aromatic carbocycles. The van der Waals surface area contributed by atoms with Crippen molar-refractivity contribution < 1.29 is 9.53 Å². The quantitative estimate of drug-likeness (QED) is 0.545. The molecule has 0 unspecified atom stereocenters. The molecule has 0 radical (unpaired) electrons. The van der Waals surface area contributed by atoms with Gasteiger partial charge in [-0.1, -0.05) is 60.7 Å². The number of rotatable bonds is 7. The van der Waals surface area contributed by atoms with E-state index >= 15 is 0 Å². The molecular formula is C27H30N2O2. The van der Waals surface area contributed by atoms with Crippen LogP contribution in [0.1, 0.15) is 34.3 Å². The van der Waals surface area contributed by atoms with Gasteiger partial charge in [0.2, 0.25) is 0 Å². The fraction of sp³-hybridized carbons (Fsp3) is 0.296. The van der Waals surface area contributed by atoms with Gasteiger partial charge in [0, 0.05) is 31.7 Å². The van der Waals surface area contributed by atoms with E-state index in [4.69, 9.17) is 4.74 Å². The highest BCUT2D eigenvalue weighted by atomic mass is 16.5. The molecule has 0 spiro atoms. The van der Waals surface area contributed by atoms with Crippen LogP contribution in [0, 0.1) is 0 Å². The number of benzene rings is 3. The largest absolute Gasteiger partial charge is 0.490 e. The van der Waals surface area contributed by atoms with Crippen LogP contribution < -0.4 is 4.74 Å². The van der Waals surface area contributed by atoms with Crippen molar-refractivity contribution in [3.05, 3.63) is 102 Å². The normalized spacial score (nSPS) is 14.9. The van der Waals surface area contributed by atoms with E-state index in [0.717, 1.165) is 42.8 Å². The standard InChI is InChI=1S/C27H30N2O2/c1-28-17-15-25(16-18-28)31-26-14-8-11-23(19-26)21-29(20-22-9-4-2-5-10-22)27(30)24-12-6-3-7-13-24/h2-14,19,25H,15-18,20-21H2,1H3. The van der Waals surface area contributed by atoms with Crippen LogP contribution in [0.15, 0.2) is 84.9 Å². The minimum absolute atomic E-state index is 0.0334. The Kier molecular flexibility index (Phi) is 7.00. The zero-order valence-corrected chi connectivity index (χ0v) is 18.1. The molecule has 0 aliphatic carbocycles. The topological polar surface area (TPSA) is 32.8 Å². The third-order valence-electron chi connectivity index (χ3n) is 5.76. The number of carbonyl (C=O) groups is 1. The molecule has 4 heteroatoms. The van der Waals surface area contributed by atoms with E-state index in [1.165, 1.54) is 0 Å².